The summed E-state index contributed by atoms with van der Waals surface area (Å²) >= 11 is 0. The second-order valence-electron chi connectivity index (χ2n) is 13.4. The molecule has 3 heterocycles. The highest BCUT2D eigenvalue weighted by Gasteiger charge is 2.44. The predicted molar refractivity (Wildman–Crippen MR) is 181 cm³/mol. The first-order chi connectivity index (χ1) is 23.0. The average Bonchev–Trinajstić information content (AvgIpc) is 3.76. The zero-order chi connectivity index (χ0) is 34.4. The third-order valence-corrected chi connectivity index (χ3v) is 11.0. The Morgan fingerprint density at radius 3 is 2.67 bits per heavy atom. The molecule has 0 aromatic heterocycles. The van der Waals surface area contributed by atoms with Gasteiger partial charge in [-0.25, -0.2) is 13.2 Å². The summed E-state index contributed by atoms with van der Waals surface area (Å²) in [6.45, 7) is 9.12. The van der Waals surface area contributed by atoms with Crippen LogP contribution in [0, 0.1) is 17.8 Å². The van der Waals surface area contributed by atoms with E-state index in [4.69, 9.17) is 14.2 Å². The Hall–Kier alpha value is -3.36. The molecule has 3 N–H and O–H groups in total. The number of nitrogens with zero attached hydrogens (tertiary/aromatic N) is 2. The summed E-state index contributed by atoms with van der Waals surface area (Å²) < 4.78 is 46.5. The molecule has 3 aliphatic heterocycles. The number of carbonyl (C=O) groups excluding carboxylic acids is 2. The first-order valence-electron chi connectivity index (χ1n) is 16.8. The molecule has 2 aromatic carbocycles. The number of nitrogens with one attached hydrogen (secondary N) is 2. The van der Waals surface area contributed by atoms with Gasteiger partial charge >= 0.3 is 6.09 Å². The smallest absolute Gasteiger partial charge is 0.407 e. The van der Waals surface area contributed by atoms with E-state index in [2.05, 4.69) is 29.5 Å². The van der Waals surface area contributed by atoms with Gasteiger partial charge in [0.05, 0.1) is 36.2 Å². The molecule has 7 atom stereocenters. The number of aliphatic imine (C=N–C) groups is 1. The second-order valence-corrected chi connectivity index (χ2v) is 15.4. The summed E-state index contributed by atoms with van der Waals surface area (Å²) in [7, 11) is -4.14. The first-order valence-corrected chi connectivity index (χ1v) is 18.3. The maximum atomic E-state index is 14.2. The Morgan fingerprint density at radius 1 is 1.17 bits per heavy atom. The van der Waals surface area contributed by atoms with Crippen LogP contribution in [0.2, 0.25) is 0 Å². The van der Waals surface area contributed by atoms with Gasteiger partial charge in [0, 0.05) is 31.5 Å². The molecule has 2 amide bonds. The van der Waals surface area contributed by atoms with E-state index in [9.17, 15) is 23.1 Å². The van der Waals surface area contributed by atoms with Crippen LogP contribution in [0.25, 0.3) is 0 Å². The summed E-state index contributed by atoms with van der Waals surface area (Å²) in [5.41, 5.74) is 1.93. The van der Waals surface area contributed by atoms with E-state index in [1.807, 2.05) is 44.2 Å². The van der Waals surface area contributed by atoms with Crippen molar-refractivity contribution in [2.45, 2.75) is 82.3 Å². The summed E-state index contributed by atoms with van der Waals surface area (Å²) in [4.78, 5) is 30.4. The highest BCUT2D eigenvalue weighted by Crippen LogP contribution is 2.35. The fourth-order valence-corrected chi connectivity index (χ4v) is 7.89. The predicted octanol–water partition coefficient (Wildman–Crippen LogP) is 3.95. The third kappa shape index (κ3) is 8.61. The van der Waals surface area contributed by atoms with Crippen molar-refractivity contribution < 1.29 is 37.3 Å². The highest BCUT2D eigenvalue weighted by molar-refractivity contribution is 7.89. The zero-order valence-corrected chi connectivity index (χ0v) is 28.9. The van der Waals surface area contributed by atoms with Gasteiger partial charge in [0.2, 0.25) is 15.9 Å². The van der Waals surface area contributed by atoms with Gasteiger partial charge in [-0.2, -0.15) is 4.31 Å². The van der Waals surface area contributed by atoms with Crippen LogP contribution in [0.4, 0.5) is 10.5 Å². The molecule has 262 valence electrons. The number of rotatable bonds is 15. The normalized spacial score (nSPS) is 24.0. The lowest BCUT2D eigenvalue weighted by molar-refractivity contribution is -0.115. The van der Waals surface area contributed by atoms with Gasteiger partial charge in [0.1, 0.15) is 12.0 Å². The van der Waals surface area contributed by atoms with E-state index >= 15 is 0 Å². The molecule has 48 heavy (non-hydrogen) atoms. The Bertz CT molecular complexity index is 1550. The second kappa shape index (κ2) is 15.9. The molecule has 0 spiro atoms. The minimum absolute atomic E-state index is 0.00692. The van der Waals surface area contributed by atoms with Gasteiger partial charge in [-0.15, -0.1) is 0 Å². The molecule has 12 nitrogen and oxygen atoms in total. The van der Waals surface area contributed by atoms with Gasteiger partial charge in [-0.1, -0.05) is 64.4 Å². The number of carbonyl (C=O) groups is 2. The summed E-state index contributed by atoms with van der Waals surface area (Å²) in [6.07, 6.45) is 0.652. The summed E-state index contributed by atoms with van der Waals surface area (Å²) in [6, 6.07) is 13.1. The number of aliphatic hydroxyl groups excluding tert-OH is 1. The van der Waals surface area contributed by atoms with Gasteiger partial charge in [0.15, 0.2) is 6.29 Å². The van der Waals surface area contributed by atoms with E-state index in [1.54, 1.807) is 12.3 Å². The SMILES string of the molecule is CCC(C)CN=CC1C(=O)Nc2ccc(S(=O)(=O)N(CC(C)C)CC(O)C(Cc3ccccc3)NC(=O)OC3COC4OCCC34)cc21. The largest absolute Gasteiger partial charge is 0.443 e. The highest BCUT2D eigenvalue weighted by atomic mass is 32.2. The van der Waals surface area contributed by atoms with Gasteiger partial charge < -0.3 is 30.0 Å². The molecule has 0 radical (unpaired) electrons. The molecule has 0 aliphatic carbocycles. The summed E-state index contributed by atoms with van der Waals surface area (Å²) in [5.74, 6) is -0.724. The van der Waals surface area contributed by atoms with Crippen molar-refractivity contribution in [3.05, 3.63) is 59.7 Å². The van der Waals surface area contributed by atoms with Crippen molar-refractivity contribution in [1.29, 1.82) is 0 Å². The van der Waals surface area contributed by atoms with Gasteiger partial charge in [0.25, 0.3) is 0 Å². The van der Waals surface area contributed by atoms with Crippen molar-refractivity contribution in [3.63, 3.8) is 0 Å². The van der Waals surface area contributed by atoms with Crippen molar-refractivity contribution in [2.24, 2.45) is 22.7 Å². The summed E-state index contributed by atoms with van der Waals surface area (Å²) in [5, 5.41) is 17.3. The fraction of sp³-hybridized carbons (Fsp3) is 0.571. The van der Waals surface area contributed by atoms with Crippen molar-refractivity contribution in [1.82, 2.24) is 9.62 Å². The van der Waals surface area contributed by atoms with Crippen molar-refractivity contribution in [3.8, 4) is 0 Å². The molecule has 3 aliphatic rings. The number of hydrogen-bond donors (Lipinski definition) is 3. The molecule has 0 saturated carbocycles. The topological polar surface area (TPSA) is 156 Å². The minimum Gasteiger partial charge on any atom is -0.443 e. The lowest BCUT2D eigenvalue weighted by Gasteiger charge is -2.31. The Morgan fingerprint density at radius 2 is 1.94 bits per heavy atom. The van der Waals surface area contributed by atoms with Crippen molar-refractivity contribution >= 4 is 33.9 Å². The van der Waals surface area contributed by atoms with Gasteiger partial charge in [-0.05, 0) is 54.0 Å². The van der Waals surface area contributed by atoms with Crippen LogP contribution in [0.5, 0.6) is 0 Å². The number of benzene rings is 2. The number of hydrogen-bond acceptors (Lipinski definition) is 9. The third-order valence-electron chi connectivity index (χ3n) is 9.17. The number of sulfonamides is 1. The minimum atomic E-state index is -4.14. The average molecular weight is 685 g/mol. The van der Waals surface area contributed by atoms with Crippen LogP contribution in [-0.2, 0) is 35.4 Å². The van der Waals surface area contributed by atoms with E-state index in [0.29, 0.717) is 30.3 Å². The Labute approximate surface area is 283 Å². The number of fused-ring (bicyclic) bond motifs is 2. The molecule has 7 unspecified atom stereocenters. The van der Waals surface area contributed by atoms with E-state index < -0.39 is 40.3 Å². The molecule has 2 aromatic rings. The first kappa shape index (κ1) is 35.9. The Kier molecular flexibility index (Phi) is 11.9. The molecule has 2 saturated heterocycles. The van der Waals surface area contributed by atoms with Crippen LogP contribution in [-0.4, -0.2) is 93.4 Å². The molecular formula is C35H48N4O8S. The molecule has 0 bridgehead atoms. The van der Waals surface area contributed by atoms with E-state index in [-0.39, 0.29) is 55.0 Å². The van der Waals surface area contributed by atoms with Gasteiger partial charge in [-0.3, -0.25) is 9.79 Å². The van der Waals surface area contributed by atoms with Crippen LogP contribution < -0.4 is 10.6 Å². The lowest BCUT2D eigenvalue weighted by Crippen LogP contribution is -2.51. The number of amides is 2. The standard InChI is InChI=1S/C35H48N4O8S/c1-5-23(4)17-36-18-28-27-16-25(11-12-29(27)37-33(28)41)48(43,44)39(19-22(2)3)20-31(40)30(15-24-9-7-6-8-10-24)38-35(42)47-32-21-46-34-26(32)13-14-45-34/h6-12,16,18,22-23,26,28,30-32,34,40H,5,13-15,17,19-21H2,1-4H3,(H,37,41)(H,38,42). The van der Waals surface area contributed by atoms with Crippen LogP contribution in [0.1, 0.15) is 57.6 Å². The Balaban J connectivity index is 1.35. The quantitative estimate of drug-likeness (QED) is 0.238. The number of aliphatic hydroxyl groups is 1. The number of alkyl carbamates (subject to hydrolysis) is 1. The van der Waals surface area contributed by atoms with Crippen LogP contribution in [0.3, 0.4) is 0 Å². The van der Waals surface area contributed by atoms with Crippen LogP contribution >= 0.6 is 0 Å². The molecular weight excluding hydrogens is 636 g/mol. The molecule has 2 fully saturated rings. The van der Waals surface area contributed by atoms with Crippen molar-refractivity contribution in [2.75, 3.05) is 38.2 Å². The zero-order valence-electron chi connectivity index (χ0n) is 28.1. The molecule has 13 heteroatoms. The van der Waals surface area contributed by atoms with Crippen LogP contribution in [0.15, 0.2) is 58.4 Å². The number of anilines is 1. The van der Waals surface area contributed by atoms with E-state index in [1.165, 1.54) is 16.4 Å². The van der Waals surface area contributed by atoms with E-state index in [0.717, 1.165) is 18.4 Å². The number of ether oxygens (including phenoxy) is 3. The lowest BCUT2D eigenvalue weighted by atomic mass is 10.0. The monoisotopic (exact) mass is 684 g/mol. The maximum Gasteiger partial charge on any atom is 0.407 e. The molecule has 5 rings (SSSR count). The maximum absolute atomic E-state index is 14.2. The fourth-order valence-electron chi connectivity index (χ4n) is 6.23.